The van der Waals surface area contributed by atoms with Gasteiger partial charge in [-0.25, -0.2) is 0 Å². The number of nitrogens with zero attached hydrogens (tertiary/aromatic N) is 1. The van der Waals surface area contributed by atoms with E-state index in [1.54, 1.807) is 0 Å². The van der Waals surface area contributed by atoms with Crippen LogP contribution in [0.25, 0.3) is 0 Å². The van der Waals surface area contributed by atoms with Crippen molar-refractivity contribution in [3.05, 3.63) is 35.9 Å². The van der Waals surface area contributed by atoms with Crippen molar-refractivity contribution < 1.29 is 4.79 Å². The summed E-state index contributed by atoms with van der Waals surface area (Å²) in [5.41, 5.74) is 6.86. The van der Waals surface area contributed by atoms with E-state index in [1.807, 2.05) is 35.2 Å². The Kier molecular flexibility index (Phi) is 3.08. The fourth-order valence-electron chi connectivity index (χ4n) is 3.54. The average molecular weight is 244 g/mol. The Morgan fingerprint density at radius 3 is 2.28 bits per heavy atom. The zero-order chi connectivity index (χ0) is 12.5. The molecular formula is C15H20N2O. The summed E-state index contributed by atoms with van der Waals surface area (Å²) in [7, 11) is 0. The van der Waals surface area contributed by atoms with E-state index in [0.29, 0.717) is 17.9 Å². The molecule has 1 amide bonds. The van der Waals surface area contributed by atoms with Gasteiger partial charge in [-0.05, 0) is 43.2 Å². The van der Waals surface area contributed by atoms with Crippen molar-refractivity contribution in [2.45, 2.75) is 25.3 Å². The Labute approximate surface area is 108 Å². The highest BCUT2D eigenvalue weighted by Crippen LogP contribution is 2.34. The van der Waals surface area contributed by atoms with Gasteiger partial charge in [0.1, 0.15) is 0 Å². The Bertz CT molecular complexity index is 413. The molecule has 96 valence electrons. The first kappa shape index (κ1) is 11.7. The topological polar surface area (TPSA) is 46.3 Å². The predicted octanol–water partition coefficient (Wildman–Crippen LogP) is 1.89. The lowest BCUT2D eigenvalue weighted by Crippen LogP contribution is -2.49. The molecule has 0 radical (unpaired) electrons. The highest BCUT2D eigenvalue weighted by Gasteiger charge is 2.35. The minimum absolute atomic E-state index is 0.181. The van der Waals surface area contributed by atoms with Crippen LogP contribution in [-0.4, -0.2) is 29.9 Å². The Morgan fingerprint density at radius 1 is 1.06 bits per heavy atom. The van der Waals surface area contributed by atoms with Crippen molar-refractivity contribution in [1.29, 1.82) is 0 Å². The molecule has 1 aliphatic heterocycles. The van der Waals surface area contributed by atoms with Gasteiger partial charge in [0.25, 0.3) is 5.91 Å². The molecule has 2 N–H and O–H groups in total. The molecule has 3 heteroatoms. The van der Waals surface area contributed by atoms with Gasteiger partial charge in [0, 0.05) is 24.7 Å². The summed E-state index contributed by atoms with van der Waals surface area (Å²) in [6, 6.07) is 9.95. The van der Waals surface area contributed by atoms with Crippen LogP contribution in [0.15, 0.2) is 30.3 Å². The normalized spacial score (nSPS) is 31.2. The first-order chi connectivity index (χ1) is 8.72. The molecule has 2 aliphatic rings. The van der Waals surface area contributed by atoms with Crippen LogP contribution in [0.2, 0.25) is 0 Å². The third-order valence-electron chi connectivity index (χ3n) is 4.20. The number of piperidine rings is 1. The number of fused-ring (bicyclic) bond motifs is 2. The minimum Gasteiger partial charge on any atom is -0.338 e. The lowest BCUT2D eigenvalue weighted by atomic mass is 9.75. The van der Waals surface area contributed by atoms with E-state index < -0.39 is 0 Å². The van der Waals surface area contributed by atoms with Crippen molar-refractivity contribution in [2.75, 3.05) is 13.1 Å². The van der Waals surface area contributed by atoms with E-state index in [1.165, 1.54) is 6.42 Å². The van der Waals surface area contributed by atoms with E-state index in [9.17, 15) is 4.79 Å². The molecule has 0 aromatic heterocycles. The molecule has 18 heavy (non-hydrogen) atoms. The fraction of sp³-hybridized carbons (Fsp3) is 0.533. The maximum Gasteiger partial charge on any atom is 0.253 e. The predicted molar refractivity (Wildman–Crippen MR) is 71.2 cm³/mol. The number of nitrogens with two attached hydrogens (primary N) is 1. The van der Waals surface area contributed by atoms with E-state index >= 15 is 0 Å². The molecule has 2 unspecified atom stereocenters. The molecule has 1 aromatic carbocycles. The van der Waals surface area contributed by atoms with Crippen LogP contribution in [0, 0.1) is 11.8 Å². The molecule has 3 rings (SSSR count). The zero-order valence-electron chi connectivity index (χ0n) is 10.6. The molecular weight excluding hydrogens is 224 g/mol. The highest BCUT2D eigenvalue weighted by atomic mass is 16.2. The average Bonchev–Trinajstić information content (AvgIpc) is 2.37. The lowest BCUT2D eigenvalue weighted by Gasteiger charge is -2.43. The second kappa shape index (κ2) is 4.73. The SMILES string of the molecule is NC1CC2CC(C1)CN(C(=O)c1ccccc1)C2. The van der Waals surface area contributed by atoms with Crippen LogP contribution in [0.4, 0.5) is 0 Å². The first-order valence-corrected chi connectivity index (χ1v) is 6.82. The Balaban J connectivity index is 1.73. The quantitative estimate of drug-likeness (QED) is 0.820. The number of rotatable bonds is 1. The van der Waals surface area contributed by atoms with Gasteiger partial charge in [0.05, 0.1) is 0 Å². The van der Waals surface area contributed by atoms with Gasteiger partial charge in [-0.3, -0.25) is 4.79 Å². The summed E-state index contributed by atoms with van der Waals surface area (Å²) >= 11 is 0. The van der Waals surface area contributed by atoms with Crippen molar-refractivity contribution in [2.24, 2.45) is 17.6 Å². The van der Waals surface area contributed by atoms with Gasteiger partial charge in [-0.1, -0.05) is 18.2 Å². The van der Waals surface area contributed by atoms with Crippen molar-refractivity contribution >= 4 is 5.91 Å². The molecule has 2 fully saturated rings. The maximum absolute atomic E-state index is 12.4. The van der Waals surface area contributed by atoms with E-state index in [4.69, 9.17) is 5.73 Å². The molecule has 1 heterocycles. The Hall–Kier alpha value is -1.35. The number of likely N-dealkylation sites (tertiary alicyclic amines) is 1. The first-order valence-electron chi connectivity index (χ1n) is 6.82. The van der Waals surface area contributed by atoms with E-state index in [0.717, 1.165) is 31.5 Å². The summed E-state index contributed by atoms with van der Waals surface area (Å²) in [6.45, 7) is 1.77. The van der Waals surface area contributed by atoms with Crippen LogP contribution in [0.5, 0.6) is 0 Å². The van der Waals surface area contributed by atoms with Crippen LogP contribution in [0.1, 0.15) is 29.6 Å². The third-order valence-corrected chi connectivity index (χ3v) is 4.20. The van der Waals surface area contributed by atoms with Gasteiger partial charge in [-0.15, -0.1) is 0 Å². The highest BCUT2D eigenvalue weighted by molar-refractivity contribution is 5.94. The summed E-state index contributed by atoms with van der Waals surface area (Å²) in [5, 5.41) is 0. The third kappa shape index (κ3) is 2.27. The molecule has 2 atom stereocenters. The van der Waals surface area contributed by atoms with Gasteiger partial charge >= 0.3 is 0 Å². The largest absolute Gasteiger partial charge is 0.338 e. The molecule has 1 aliphatic carbocycles. The fourth-order valence-corrected chi connectivity index (χ4v) is 3.54. The number of carbonyl (C=O) groups excluding carboxylic acids is 1. The van der Waals surface area contributed by atoms with Crippen LogP contribution >= 0.6 is 0 Å². The number of hydrogen-bond acceptors (Lipinski definition) is 2. The van der Waals surface area contributed by atoms with Gasteiger partial charge in [-0.2, -0.15) is 0 Å². The number of hydrogen-bond donors (Lipinski definition) is 1. The van der Waals surface area contributed by atoms with E-state index in [-0.39, 0.29) is 5.91 Å². The molecule has 3 nitrogen and oxygen atoms in total. The standard InChI is InChI=1S/C15H20N2O/c16-14-7-11-6-12(8-14)10-17(9-11)15(18)13-4-2-1-3-5-13/h1-5,11-12,14H,6-10,16H2. The van der Waals surface area contributed by atoms with Crippen LogP contribution in [-0.2, 0) is 0 Å². The van der Waals surface area contributed by atoms with Crippen LogP contribution < -0.4 is 5.73 Å². The van der Waals surface area contributed by atoms with Gasteiger partial charge in [0.15, 0.2) is 0 Å². The number of benzene rings is 1. The number of amides is 1. The van der Waals surface area contributed by atoms with Gasteiger partial charge < -0.3 is 10.6 Å². The summed E-state index contributed by atoms with van der Waals surface area (Å²) in [4.78, 5) is 14.4. The molecule has 1 aromatic rings. The smallest absolute Gasteiger partial charge is 0.253 e. The monoisotopic (exact) mass is 244 g/mol. The number of carbonyl (C=O) groups is 1. The summed E-state index contributed by atoms with van der Waals surface area (Å²) in [5.74, 6) is 1.40. The van der Waals surface area contributed by atoms with Crippen LogP contribution in [0.3, 0.4) is 0 Å². The molecule has 0 spiro atoms. The Morgan fingerprint density at radius 2 is 1.67 bits per heavy atom. The maximum atomic E-state index is 12.4. The zero-order valence-corrected chi connectivity index (χ0v) is 10.6. The minimum atomic E-state index is 0.181. The molecule has 1 saturated heterocycles. The summed E-state index contributed by atoms with van der Waals surface area (Å²) < 4.78 is 0. The summed E-state index contributed by atoms with van der Waals surface area (Å²) in [6.07, 6.45) is 3.41. The second-order valence-electron chi connectivity index (χ2n) is 5.78. The van der Waals surface area contributed by atoms with Gasteiger partial charge in [0.2, 0.25) is 0 Å². The lowest BCUT2D eigenvalue weighted by molar-refractivity contribution is 0.0475. The van der Waals surface area contributed by atoms with Crippen molar-refractivity contribution in [1.82, 2.24) is 4.90 Å². The molecule has 1 saturated carbocycles. The van der Waals surface area contributed by atoms with Crippen molar-refractivity contribution in [3.8, 4) is 0 Å². The second-order valence-corrected chi connectivity index (χ2v) is 5.78. The van der Waals surface area contributed by atoms with Crippen molar-refractivity contribution in [3.63, 3.8) is 0 Å². The molecule has 2 bridgehead atoms. The van der Waals surface area contributed by atoms with E-state index in [2.05, 4.69) is 0 Å².